The number of carbonyl (C=O) groups excluding carboxylic acids is 1. The number of nitrogens with zero attached hydrogens (tertiary/aromatic N) is 1. The van der Waals surface area contributed by atoms with E-state index in [0.29, 0.717) is 18.7 Å². The van der Waals surface area contributed by atoms with E-state index in [1.54, 1.807) is 12.1 Å². The zero-order chi connectivity index (χ0) is 22.6. The van der Waals surface area contributed by atoms with Crippen LogP contribution in [0.4, 0.5) is 13.2 Å². The van der Waals surface area contributed by atoms with Gasteiger partial charge in [0.25, 0.3) is 5.91 Å². The third-order valence-electron chi connectivity index (χ3n) is 5.24. The fraction of sp³-hybridized carbons (Fsp3) is 0.409. The van der Waals surface area contributed by atoms with Crippen molar-refractivity contribution in [1.29, 1.82) is 0 Å². The molecule has 1 aliphatic heterocycles. The van der Waals surface area contributed by atoms with Gasteiger partial charge in [0, 0.05) is 18.2 Å². The van der Waals surface area contributed by atoms with Crippen molar-refractivity contribution in [2.75, 3.05) is 26.3 Å². The van der Waals surface area contributed by atoms with Crippen molar-refractivity contribution < 1.29 is 32.5 Å². The van der Waals surface area contributed by atoms with Gasteiger partial charge in [-0.3, -0.25) is 9.69 Å². The Hall–Kier alpha value is -2.62. The molecule has 31 heavy (non-hydrogen) atoms. The van der Waals surface area contributed by atoms with E-state index in [2.05, 4.69) is 0 Å². The molecule has 1 saturated heterocycles. The van der Waals surface area contributed by atoms with E-state index in [-0.39, 0.29) is 31.4 Å². The summed E-state index contributed by atoms with van der Waals surface area (Å²) in [5.74, 6) is -1.85. The van der Waals surface area contributed by atoms with E-state index < -0.39 is 23.4 Å². The molecule has 2 aromatic carbocycles. The van der Waals surface area contributed by atoms with Crippen LogP contribution in [0.15, 0.2) is 48.5 Å². The van der Waals surface area contributed by atoms with Gasteiger partial charge < -0.3 is 20.3 Å². The second kappa shape index (κ2) is 9.25. The molecule has 0 aliphatic carbocycles. The molecule has 2 aromatic rings. The Labute approximate surface area is 178 Å². The highest BCUT2D eigenvalue weighted by Crippen LogP contribution is 2.34. The molecule has 0 saturated carbocycles. The van der Waals surface area contributed by atoms with Crippen LogP contribution in [0.1, 0.15) is 23.6 Å². The molecule has 9 heteroatoms. The summed E-state index contributed by atoms with van der Waals surface area (Å²) in [6, 6.07) is 11.8. The second-order valence-electron chi connectivity index (χ2n) is 7.63. The molecular formula is C22H25F3N2O4. The Kier molecular flexibility index (Phi) is 6.88. The van der Waals surface area contributed by atoms with Crippen molar-refractivity contribution in [3.63, 3.8) is 0 Å². The Bertz CT molecular complexity index is 904. The SMILES string of the molecule is CC(Cc1ccc(OCC(N)=O)cc1)N1CCOC(O)(c2cccc(C(F)(F)F)c2)C1. The van der Waals surface area contributed by atoms with E-state index >= 15 is 0 Å². The topological polar surface area (TPSA) is 85.0 Å². The lowest BCUT2D eigenvalue weighted by Gasteiger charge is -2.42. The summed E-state index contributed by atoms with van der Waals surface area (Å²) >= 11 is 0. The van der Waals surface area contributed by atoms with Crippen molar-refractivity contribution >= 4 is 5.91 Å². The lowest BCUT2D eigenvalue weighted by Crippen LogP contribution is -2.53. The normalized spacial score (nSPS) is 20.9. The predicted molar refractivity (Wildman–Crippen MR) is 107 cm³/mol. The molecule has 3 rings (SSSR count). The van der Waals surface area contributed by atoms with E-state index in [1.807, 2.05) is 24.0 Å². The van der Waals surface area contributed by atoms with Gasteiger partial charge >= 0.3 is 6.18 Å². The number of alkyl halides is 3. The molecule has 0 spiro atoms. The molecule has 6 nitrogen and oxygen atoms in total. The van der Waals surface area contributed by atoms with Crippen molar-refractivity contribution in [2.45, 2.75) is 31.3 Å². The van der Waals surface area contributed by atoms with Crippen molar-refractivity contribution in [2.24, 2.45) is 5.73 Å². The molecule has 0 radical (unpaired) electrons. The van der Waals surface area contributed by atoms with Gasteiger partial charge in [0.1, 0.15) is 5.75 Å². The Morgan fingerprint density at radius 2 is 2.00 bits per heavy atom. The molecule has 1 amide bonds. The first kappa shape index (κ1) is 23.1. The maximum absolute atomic E-state index is 13.1. The fourth-order valence-electron chi connectivity index (χ4n) is 3.57. The molecule has 1 fully saturated rings. The number of hydrogen-bond acceptors (Lipinski definition) is 5. The van der Waals surface area contributed by atoms with Crippen LogP contribution in [0.5, 0.6) is 5.75 Å². The summed E-state index contributed by atoms with van der Waals surface area (Å²) in [5.41, 5.74) is 5.31. The standard InChI is InChI=1S/C22H25F3N2O4/c1-15(11-16-5-7-19(8-6-16)30-13-20(26)28)27-9-10-31-21(29,14-27)17-3-2-4-18(12-17)22(23,24)25/h2-8,12,15,29H,9-11,13-14H2,1H3,(H2,26,28). The van der Waals surface area contributed by atoms with Gasteiger partial charge in [0.15, 0.2) is 6.61 Å². The van der Waals surface area contributed by atoms with E-state index in [1.165, 1.54) is 12.1 Å². The Balaban J connectivity index is 1.66. The number of primary amides is 1. The number of aliphatic hydroxyl groups is 1. The molecule has 1 aliphatic rings. The summed E-state index contributed by atoms with van der Waals surface area (Å²) in [5, 5.41) is 11.0. The van der Waals surface area contributed by atoms with Crippen LogP contribution in [0.25, 0.3) is 0 Å². The van der Waals surface area contributed by atoms with Crippen LogP contribution in [-0.2, 0) is 27.9 Å². The van der Waals surface area contributed by atoms with Crippen LogP contribution >= 0.6 is 0 Å². The lowest BCUT2D eigenvalue weighted by molar-refractivity contribution is -0.252. The van der Waals surface area contributed by atoms with Gasteiger partial charge in [-0.15, -0.1) is 0 Å². The van der Waals surface area contributed by atoms with E-state index in [9.17, 15) is 23.1 Å². The molecule has 3 N–H and O–H groups in total. The summed E-state index contributed by atoms with van der Waals surface area (Å²) in [4.78, 5) is 12.8. The summed E-state index contributed by atoms with van der Waals surface area (Å²) in [6.45, 7) is 2.57. The number of nitrogens with two attached hydrogens (primary N) is 1. The highest BCUT2D eigenvalue weighted by molar-refractivity contribution is 5.75. The predicted octanol–water partition coefficient (Wildman–Crippen LogP) is 2.68. The van der Waals surface area contributed by atoms with Gasteiger partial charge in [-0.2, -0.15) is 13.2 Å². The van der Waals surface area contributed by atoms with Crippen molar-refractivity contribution in [1.82, 2.24) is 4.90 Å². The number of morpholine rings is 1. The highest BCUT2D eigenvalue weighted by atomic mass is 19.4. The van der Waals surface area contributed by atoms with Gasteiger partial charge in [0.2, 0.25) is 5.79 Å². The fourth-order valence-corrected chi connectivity index (χ4v) is 3.57. The maximum atomic E-state index is 13.1. The van der Waals surface area contributed by atoms with Crippen LogP contribution in [-0.4, -0.2) is 48.3 Å². The van der Waals surface area contributed by atoms with Crippen LogP contribution in [0, 0.1) is 0 Å². The number of β-amino-alcohol motifs (C(OH)–C–C–N with tert-alkyl or cyclic N) is 1. The average molecular weight is 438 g/mol. The Morgan fingerprint density at radius 3 is 2.65 bits per heavy atom. The highest BCUT2D eigenvalue weighted by Gasteiger charge is 2.39. The zero-order valence-corrected chi connectivity index (χ0v) is 17.1. The molecule has 168 valence electrons. The minimum atomic E-state index is -4.50. The average Bonchev–Trinajstić information content (AvgIpc) is 2.73. The quantitative estimate of drug-likeness (QED) is 0.695. The molecule has 2 unspecified atom stereocenters. The van der Waals surface area contributed by atoms with Crippen molar-refractivity contribution in [3.8, 4) is 5.75 Å². The smallest absolute Gasteiger partial charge is 0.416 e. The molecule has 0 bridgehead atoms. The van der Waals surface area contributed by atoms with Gasteiger partial charge in [-0.25, -0.2) is 0 Å². The number of rotatable bonds is 7. The summed E-state index contributed by atoms with van der Waals surface area (Å²) < 4.78 is 49.9. The van der Waals surface area contributed by atoms with Crippen molar-refractivity contribution in [3.05, 3.63) is 65.2 Å². The lowest BCUT2D eigenvalue weighted by atomic mass is 9.99. The van der Waals surface area contributed by atoms with Crippen LogP contribution in [0.2, 0.25) is 0 Å². The molecule has 1 heterocycles. The van der Waals surface area contributed by atoms with E-state index in [4.69, 9.17) is 15.2 Å². The second-order valence-corrected chi connectivity index (χ2v) is 7.63. The first-order valence-corrected chi connectivity index (χ1v) is 9.85. The minimum absolute atomic E-state index is 0.00129. The Morgan fingerprint density at radius 1 is 1.29 bits per heavy atom. The number of carbonyl (C=O) groups is 1. The van der Waals surface area contributed by atoms with Gasteiger partial charge in [-0.1, -0.05) is 24.3 Å². The van der Waals surface area contributed by atoms with Gasteiger partial charge in [0.05, 0.1) is 18.7 Å². The van der Waals surface area contributed by atoms with Crippen LogP contribution < -0.4 is 10.5 Å². The van der Waals surface area contributed by atoms with Gasteiger partial charge in [-0.05, 0) is 43.2 Å². The summed E-state index contributed by atoms with van der Waals surface area (Å²) in [6.07, 6.45) is -3.85. The first-order valence-electron chi connectivity index (χ1n) is 9.85. The molecular weight excluding hydrogens is 413 g/mol. The van der Waals surface area contributed by atoms with Crippen LogP contribution in [0.3, 0.4) is 0 Å². The largest absolute Gasteiger partial charge is 0.484 e. The number of benzene rings is 2. The minimum Gasteiger partial charge on any atom is -0.484 e. The molecule has 0 aromatic heterocycles. The number of ether oxygens (including phenoxy) is 2. The first-order chi connectivity index (χ1) is 14.6. The monoisotopic (exact) mass is 438 g/mol. The number of hydrogen-bond donors (Lipinski definition) is 2. The molecule has 2 atom stereocenters. The third-order valence-corrected chi connectivity index (χ3v) is 5.24. The zero-order valence-electron chi connectivity index (χ0n) is 17.1. The number of amides is 1. The van der Waals surface area contributed by atoms with E-state index in [0.717, 1.165) is 17.7 Å². The third kappa shape index (κ3) is 5.96. The number of halogens is 3. The maximum Gasteiger partial charge on any atom is 0.416 e. The summed E-state index contributed by atoms with van der Waals surface area (Å²) in [7, 11) is 0.